The van der Waals surface area contributed by atoms with Crippen LogP contribution in [0.4, 0.5) is 0 Å². The zero-order valence-electron chi connectivity index (χ0n) is 13.7. The summed E-state index contributed by atoms with van der Waals surface area (Å²) in [6.07, 6.45) is 1.34. The predicted molar refractivity (Wildman–Crippen MR) is 79.8 cm³/mol. The lowest BCUT2D eigenvalue weighted by Gasteiger charge is -2.58. The molecule has 1 fully saturated rings. The number of carbonyl (C=O) groups excluding carboxylic acids is 1. The summed E-state index contributed by atoms with van der Waals surface area (Å²) in [5.41, 5.74) is 3.35. The van der Waals surface area contributed by atoms with Crippen LogP contribution in [0.15, 0.2) is 0 Å². The van der Waals surface area contributed by atoms with Crippen LogP contribution < -0.4 is 11.1 Å². The molecule has 0 bridgehead atoms. The van der Waals surface area contributed by atoms with E-state index in [1.165, 1.54) is 6.92 Å². The number of carbonyl (C=O) groups is 2. The van der Waals surface area contributed by atoms with Crippen molar-refractivity contribution in [3.8, 4) is 0 Å². The molecular formula is C15H28N2O4. The van der Waals surface area contributed by atoms with Crippen LogP contribution in [0.2, 0.25) is 0 Å². The van der Waals surface area contributed by atoms with Crippen LogP contribution in [-0.4, -0.2) is 40.8 Å². The number of carboxylic acids is 1. The van der Waals surface area contributed by atoms with E-state index >= 15 is 0 Å². The summed E-state index contributed by atoms with van der Waals surface area (Å²) in [5.74, 6) is -1.46. The maximum absolute atomic E-state index is 12.6. The van der Waals surface area contributed by atoms with Crippen LogP contribution in [0.3, 0.4) is 0 Å². The fourth-order valence-electron chi connectivity index (χ4n) is 2.91. The highest BCUT2D eigenvalue weighted by Gasteiger charge is 2.63. The molecule has 3 atom stereocenters. The van der Waals surface area contributed by atoms with Gasteiger partial charge in [-0.3, -0.25) is 4.79 Å². The quantitative estimate of drug-likeness (QED) is 0.657. The van der Waals surface area contributed by atoms with E-state index in [0.29, 0.717) is 25.9 Å². The zero-order chi connectivity index (χ0) is 16.5. The summed E-state index contributed by atoms with van der Waals surface area (Å²) in [6, 6.07) is 0. The molecule has 0 radical (unpaired) electrons. The minimum absolute atomic E-state index is 0.0829. The average molecular weight is 300 g/mol. The van der Waals surface area contributed by atoms with Crippen LogP contribution in [0.25, 0.3) is 0 Å². The minimum atomic E-state index is -1.29. The smallest absolute Gasteiger partial charge is 0.329 e. The number of ether oxygens (including phenoxy) is 1. The van der Waals surface area contributed by atoms with Gasteiger partial charge in [0.15, 0.2) is 0 Å². The highest BCUT2D eigenvalue weighted by Crippen LogP contribution is 2.50. The Bertz CT molecular complexity index is 424. The van der Waals surface area contributed by atoms with Crippen molar-refractivity contribution in [3.63, 3.8) is 0 Å². The van der Waals surface area contributed by atoms with Crippen LogP contribution in [0, 0.1) is 5.41 Å². The normalized spacial score (nSPS) is 30.1. The topological polar surface area (TPSA) is 102 Å². The number of amides is 1. The molecule has 3 unspecified atom stereocenters. The van der Waals surface area contributed by atoms with Crippen LogP contribution in [0.5, 0.6) is 0 Å². The molecule has 122 valence electrons. The third-order valence-electron chi connectivity index (χ3n) is 4.85. The van der Waals surface area contributed by atoms with E-state index in [2.05, 4.69) is 5.32 Å². The Labute approximate surface area is 126 Å². The first kappa shape index (κ1) is 17.9. The molecule has 4 N–H and O–H groups in total. The lowest BCUT2D eigenvalue weighted by molar-refractivity contribution is -0.173. The van der Waals surface area contributed by atoms with Gasteiger partial charge in [-0.05, 0) is 20.3 Å². The Morgan fingerprint density at radius 1 is 1.43 bits per heavy atom. The first-order valence-electron chi connectivity index (χ1n) is 7.51. The molecule has 0 aliphatic heterocycles. The van der Waals surface area contributed by atoms with E-state index in [-0.39, 0.29) is 6.10 Å². The van der Waals surface area contributed by atoms with Crippen LogP contribution in [0.1, 0.15) is 53.9 Å². The number of nitrogens with two attached hydrogens (primary N) is 1. The minimum Gasteiger partial charge on any atom is -0.480 e. The van der Waals surface area contributed by atoms with Gasteiger partial charge in [-0.2, -0.15) is 0 Å². The summed E-state index contributed by atoms with van der Waals surface area (Å²) in [4.78, 5) is 24.0. The second-order valence-corrected chi connectivity index (χ2v) is 6.68. The highest BCUT2D eigenvalue weighted by atomic mass is 16.5. The molecule has 6 nitrogen and oxygen atoms in total. The summed E-state index contributed by atoms with van der Waals surface area (Å²) in [6.45, 7) is 9.63. The molecule has 0 aromatic carbocycles. The van der Waals surface area contributed by atoms with Gasteiger partial charge in [-0.25, -0.2) is 4.79 Å². The van der Waals surface area contributed by atoms with Crippen molar-refractivity contribution < 1.29 is 19.4 Å². The molecule has 21 heavy (non-hydrogen) atoms. The van der Waals surface area contributed by atoms with Gasteiger partial charge in [0.25, 0.3) is 0 Å². The van der Waals surface area contributed by atoms with Crippen LogP contribution >= 0.6 is 0 Å². The first-order valence-corrected chi connectivity index (χ1v) is 7.51. The predicted octanol–water partition coefficient (Wildman–Crippen LogP) is 1.28. The fourth-order valence-corrected chi connectivity index (χ4v) is 2.91. The molecule has 1 rings (SSSR count). The van der Waals surface area contributed by atoms with Crippen molar-refractivity contribution in [1.82, 2.24) is 5.32 Å². The van der Waals surface area contributed by atoms with Gasteiger partial charge in [-0.1, -0.05) is 27.2 Å². The molecule has 1 saturated carbocycles. The Morgan fingerprint density at radius 3 is 2.38 bits per heavy atom. The summed E-state index contributed by atoms with van der Waals surface area (Å²) >= 11 is 0. The third-order valence-corrected chi connectivity index (χ3v) is 4.85. The van der Waals surface area contributed by atoms with Gasteiger partial charge in [0.05, 0.1) is 6.10 Å². The van der Waals surface area contributed by atoms with E-state index < -0.39 is 28.4 Å². The first-order chi connectivity index (χ1) is 9.55. The Hall–Kier alpha value is -1.14. The van der Waals surface area contributed by atoms with Crippen molar-refractivity contribution >= 4 is 11.9 Å². The zero-order valence-corrected chi connectivity index (χ0v) is 13.7. The Balaban J connectivity index is 2.87. The lowest BCUT2D eigenvalue weighted by atomic mass is 9.54. The number of carboxylic acid groups (broad SMARTS) is 1. The number of hydrogen-bond acceptors (Lipinski definition) is 4. The maximum atomic E-state index is 12.6. The van der Waals surface area contributed by atoms with E-state index in [9.17, 15) is 14.7 Å². The number of aliphatic carboxylic acids is 1. The SMILES string of the molecule is CCCC(C)(NC(=O)C1(N)CC(OCC)C1(C)C)C(=O)O. The third kappa shape index (κ3) is 2.92. The Morgan fingerprint density at radius 2 is 2.00 bits per heavy atom. The lowest BCUT2D eigenvalue weighted by Crippen LogP contribution is -2.77. The van der Waals surface area contributed by atoms with Crippen molar-refractivity contribution in [2.45, 2.75) is 71.1 Å². The van der Waals surface area contributed by atoms with E-state index in [1.54, 1.807) is 0 Å². The van der Waals surface area contributed by atoms with Crippen molar-refractivity contribution in [3.05, 3.63) is 0 Å². The van der Waals surface area contributed by atoms with E-state index in [4.69, 9.17) is 10.5 Å². The van der Waals surface area contributed by atoms with Crippen molar-refractivity contribution in [1.29, 1.82) is 0 Å². The summed E-state index contributed by atoms with van der Waals surface area (Å²) in [7, 11) is 0. The largest absolute Gasteiger partial charge is 0.480 e. The summed E-state index contributed by atoms with van der Waals surface area (Å²) < 4.78 is 5.59. The van der Waals surface area contributed by atoms with Gasteiger partial charge in [-0.15, -0.1) is 0 Å². The van der Waals surface area contributed by atoms with Gasteiger partial charge in [0.1, 0.15) is 11.1 Å². The number of hydrogen-bond donors (Lipinski definition) is 3. The molecule has 0 aromatic rings. The number of rotatable bonds is 7. The van der Waals surface area contributed by atoms with E-state index in [0.717, 1.165) is 0 Å². The maximum Gasteiger partial charge on any atom is 0.329 e. The van der Waals surface area contributed by atoms with Gasteiger partial charge in [0.2, 0.25) is 5.91 Å². The van der Waals surface area contributed by atoms with E-state index in [1.807, 2.05) is 27.7 Å². The second kappa shape index (κ2) is 5.93. The van der Waals surface area contributed by atoms with Gasteiger partial charge >= 0.3 is 5.97 Å². The fraction of sp³-hybridized carbons (Fsp3) is 0.867. The standard InChI is InChI=1S/C15H28N2O4/c1-6-8-14(5,12(19)20)17-11(18)15(16)9-10(21-7-2)13(15,3)4/h10H,6-9,16H2,1-5H3,(H,17,18)(H,19,20). The molecule has 0 saturated heterocycles. The summed E-state index contributed by atoms with van der Waals surface area (Å²) in [5, 5.41) is 12.0. The molecular weight excluding hydrogens is 272 g/mol. The van der Waals surface area contributed by atoms with Crippen molar-refractivity contribution in [2.24, 2.45) is 11.1 Å². The monoisotopic (exact) mass is 300 g/mol. The van der Waals surface area contributed by atoms with Gasteiger partial charge in [0, 0.05) is 18.4 Å². The number of nitrogens with one attached hydrogen (secondary N) is 1. The molecule has 1 amide bonds. The molecule has 0 heterocycles. The average Bonchev–Trinajstić information content (AvgIpc) is 2.38. The molecule has 1 aliphatic rings. The van der Waals surface area contributed by atoms with Crippen molar-refractivity contribution in [2.75, 3.05) is 6.61 Å². The Kier molecular flexibility index (Phi) is 5.05. The van der Waals surface area contributed by atoms with Crippen LogP contribution in [-0.2, 0) is 14.3 Å². The molecule has 0 aromatic heterocycles. The van der Waals surface area contributed by atoms with Gasteiger partial charge < -0.3 is 20.9 Å². The molecule has 6 heteroatoms. The molecule has 1 aliphatic carbocycles. The molecule has 0 spiro atoms. The highest BCUT2D eigenvalue weighted by molar-refractivity contribution is 5.93. The second-order valence-electron chi connectivity index (χ2n) is 6.68.